The van der Waals surface area contributed by atoms with Gasteiger partial charge in [-0.05, 0) is 35.4 Å². The van der Waals surface area contributed by atoms with E-state index in [2.05, 4.69) is 17.4 Å². The normalized spacial score (nSPS) is 12.4. The van der Waals surface area contributed by atoms with E-state index in [1.165, 1.54) is 21.4 Å². The fourth-order valence-corrected chi connectivity index (χ4v) is 2.93. The number of rotatable bonds is 4. The molecule has 0 unspecified atom stereocenters. The number of anilines is 1. The molecule has 5 nitrogen and oxygen atoms in total. The van der Waals surface area contributed by atoms with E-state index in [9.17, 15) is 9.59 Å². The molecule has 2 aromatic carbocycles. The number of hydrogen-bond acceptors (Lipinski definition) is 2. The molecule has 0 saturated carbocycles. The Kier molecular flexibility index (Phi) is 3.71. The van der Waals surface area contributed by atoms with Crippen molar-refractivity contribution in [3.8, 4) is 0 Å². The molecule has 2 aromatic rings. The van der Waals surface area contributed by atoms with E-state index >= 15 is 0 Å². The van der Waals surface area contributed by atoms with Crippen LogP contribution in [-0.2, 0) is 17.6 Å². The first kappa shape index (κ1) is 14.4. The standard InChI is InChI=1S/C17H18N2O3/c1-19(10-9-15(20)21)17(22)18-14-8-7-12-6-5-11-3-2-4-13(14)16(11)12/h2-4,7-8H,5-6,9-10H2,1H3,(H,18,22)(H,20,21). The van der Waals surface area contributed by atoms with Crippen LogP contribution in [0, 0.1) is 0 Å². The van der Waals surface area contributed by atoms with Crippen LogP contribution < -0.4 is 5.32 Å². The molecule has 0 aliphatic heterocycles. The molecule has 5 heteroatoms. The first-order valence-electron chi connectivity index (χ1n) is 7.33. The predicted molar refractivity (Wildman–Crippen MR) is 85.3 cm³/mol. The van der Waals surface area contributed by atoms with Gasteiger partial charge in [-0.2, -0.15) is 0 Å². The van der Waals surface area contributed by atoms with Crippen molar-refractivity contribution in [2.45, 2.75) is 19.3 Å². The number of aryl methyl sites for hydroxylation is 2. The summed E-state index contributed by atoms with van der Waals surface area (Å²) in [7, 11) is 1.60. The van der Waals surface area contributed by atoms with Crippen LogP contribution in [0.15, 0.2) is 30.3 Å². The highest BCUT2D eigenvalue weighted by molar-refractivity contribution is 6.04. The molecule has 3 rings (SSSR count). The maximum absolute atomic E-state index is 12.2. The van der Waals surface area contributed by atoms with Gasteiger partial charge in [0.05, 0.1) is 12.1 Å². The summed E-state index contributed by atoms with van der Waals surface area (Å²) in [6.45, 7) is 0.183. The van der Waals surface area contributed by atoms with Crippen molar-refractivity contribution in [3.05, 3.63) is 41.5 Å². The van der Waals surface area contributed by atoms with Crippen LogP contribution in [0.5, 0.6) is 0 Å². The average Bonchev–Trinajstić information content (AvgIpc) is 2.92. The Morgan fingerprint density at radius 2 is 1.91 bits per heavy atom. The molecule has 0 saturated heterocycles. The Bertz CT molecular complexity index is 745. The maximum atomic E-state index is 12.2. The van der Waals surface area contributed by atoms with Crippen molar-refractivity contribution in [2.75, 3.05) is 18.9 Å². The fraction of sp³-hybridized carbons (Fsp3) is 0.294. The van der Waals surface area contributed by atoms with Crippen molar-refractivity contribution in [1.29, 1.82) is 0 Å². The van der Waals surface area contributed by atoms with Crippen molar-refractivity contribution in [2.24, 2.45) is 0 Å². The molecular formula is C17H18N2O3. The highest BCUT2D eigenvalue weighted by Crippen LogP contribution is 2.35. The lowest BCUT2D eigenvalue weighted by Crippen LogP contribution is -2.33. The van der Waals surface area contributed by atoms with Gasteiger partial charge >= 0.3 is 12.0 Å². The minimum absolute atomic E-state index is 0.0618. The van der Waals surface area contributed by atoms with E-state index in [1.807, 2.05) is 18.2 Å². The van der Waals surface area contributed by atoms with E-state index < -0.39 is 5.97 Å². The first-order valence-corrected chi connectivity index (χ1v) is 7.33. The maximum Gasteiger partial charge on any atom is 0.321 e. The van der Waals surface area contributed by atoms with Crippen molar-refractivity contribution in [1.82, 2.24) is 4.90 Å². The summed E-state index contributed by atoms with van der Waals surface area (Å²) in [5.74, 6) is -0.912. The van der Waals surface area contributed by atoms with Crippen molar-refractivity contribution >= 4 is 28.5 Å². The van der Waals surface area contributed by atoms with E-state index in [1.54, 1.807) is 7.05 Å². The number of carbonyl (C=O) groups excluding carboxylic acids is 1. The van der Waals surface area contributed by atoms with Gasteiger partial charge in [0, 0.05) is 19.0 Å². The molecule has 0 bridgehead atoms. The van der Waals surface area contributed by atoms with Crippen molar-refractivity contribution in [3.63, 3.8) is 0 Å². The summed E-state index contributed by atoms with van der Waals surface area (Å²) in [5.41, 5.74) is 3.42. The highest BCUT2D eigenvalue weighted by Gasteiger charge is 2.17. The zero-order chi connectivity index (χ0) is 15.7. The minimum atomic E-state index is -0.912. The number of amides is 2. The lowest BCUT2D eigenvalue weighted by molar-refractivity contribution is -0.137. The predicted octanol–water partition coefficient (Wildman–Crippen LogP) is 2.88. The molecule has 2 amide bonds. The zero-order valence-corrected chi connectivity index (χ0v) is 12.4. The fourth-order valence-electron chi connectivity index (χ4n) is 2.93. The van der Waals surface area contributed by atoms with Crippen molar-refractivity contribution < 1.29 is 14.7 Å². The lowest BCUT2D eigenvalue weighted by Gasteiger charge is -2.18. The second-order valence-corrected chi connectivity index (χ2v) is 5.61. The monoisotopic (exact) mass is 298 g/mol. The number of hydrogen-bond donors (Lipinski definition) is 2. The molecule has 114 valence electrons. The van der Waals surface area contributed by atoms with Gasteiger partial charge in [-0.3, -0.25) is 4.79 Å². The molecule has 1 aliphatic rings. The topological polar surface area (TPSA) is 69.6 Å². The molecule has 0 aromatic heterocycles. The quantitative estimate of drug-likeness (QED) is 0.912. The molecule has 0 heterocycles. The summed E-state index contributed by atoms with van der Waals surface area (Å²) in [6, 6.07) is 9.85. The van der Waals surface area contributed by atoms with Crippen LogP contribution in [0.25, 0.3) is 10.8 Å². The van der Waals surface area contributed by atoms with Crippen LogP contribution in [-0.4, -0.2) is 35.6 Å². The second-order valence-electron chi connectivity index (χ2n) is 5.61. The third kappa shape index (κ3) is 2.62. The number of urea groups is 1. The van der Waals surface area contributed by atoms with Gasteiger partial charge in [0.15, 0.2) is 0 Å². The van der Waals surface area contributed by atoms with E-state index in [4.69, 9.17) is 5.11 Å². The molecule has 0 atom stereocenters. The summed E-state index contributed by atoms with van der Waals surface area (Å²) < 4.78 is 0. The Morgan fingerprint density at radius 3 is 2.64 bits per heavy atom. The number of benzene rings is 2. The van der Waals surface area contributed by atoms with Crippen LogP contribution in [0.4, 0.5) is 10.5 Å². The Morgan fingerprint density at radius 1 is 1.18 bits per heavy atom. The Balaban J connectivity index is 1.83. The molecule has 0 radical (unpaired) electrons. The molecule has 0 spiro atoms. The average molecular weight is 298 g/mol. The first-order chi connectivity index (χ1) is 10.6. The molecule has 0 fully saturated rings. The Hall–Kier alpha value is -2.56. The zero-order valence-electron chi connectivity index (χ0n) is 12.4. The van der Waals surface area contributed by atoms with E-state index in [0.717, 1.165) is 23.9 Å². The van der Waals surface area contributed by atoms with E-state index in [0.29, 0.717) is 0 Å². The summed E-state index contributed by atoms with van der Waals surface area (Å²) >= 11 is 0. The van der Waals surface area contributed by atoms with E-state index in [-0.39, 0.29) is 19.0 Å². The lowest BCUT2D eigenvalue weighted by atomic mass is 10.0. The molecule has 1 aliphatic carbocycles. The third-order valence-electron chi connectivity index (χ3n) is 4.13. The number of nitrogens with zero attached hydrogens (tertiary/aromatic N) is 1. The number of carbonyl (C=O) groups is 2. The van der Waals surface area contributed by atoms with Crippen LogP contribution in [0.1, 0.15) is 17.5 Å². The third-order valence-corrected chi connectivity index (χ3v) is 4.13. The summed E-state index contributed by atoms with van der Waals surface area (Å²) in [5, 5.41) is 13.9. The van der Waals surface area contributed by atoms with Gasteiger partial charge < -0.3 is 15.3 Å². The number of nitrogens with one attached hydrogen (secondary N) is 1. The van der Waals surface area contributed by atoms with Gasteiger partial charge in [0.25, 0.3) is 0 Å². The van der Waals surface area contributed by atoms with Gasteiger partial charge in [-0.1, -0.05) is 24.3 Å². The minimum Gasteiger partial charge on any atom is -0.481 e. The number of aliphatic carboxylic acids is 1. The molecule has 22 heavy (non-hydrogen) atoms. The van der Waals surface area contributed by atoms with Gasteiger partial charge in [0.1, 0.15) is 0 Å². The Labute approximate surface area is 128 Å². The second kappa shape index (κ2) is 5.67. The van der Waals surface area contributed by atoms with Gasteiger partial charge in [-0.15, -0.1) is 0 Å². The number of carboxylic acids is 1. The summed E-state index contributed by atoms with van der Waals surface area (Å²) in [4.78, 5) is 24.1. The smallest absolute Gasteiger partial charge is 0.321 e. The SMILES string of the molecule is CN(CCC(=O)O)C(=O)Nc1ccc2c3c(cccc13)CC2. The molecular weight excluding hydrogens is 280 g/mol. The van der Waals surface area contributed by atoms with Crippen LogP contribution >= 0.6 is 0 Å². The summed E-state index contributed by atoms with van der Waals surface area (Å²) in [6.07, 6.45) is 2.03. The van der Waals surface area contributed by atoms with Crippen LogP contribution in [0.3, 0.4) is 0 Å². The van der Waals surface area contributed by atoms with Crippen LogP contribution in [0.2, 0.25) is 0 Å². The van der Waals surface area contributed by atoms with Gasteiger partial charge in [-0.25, -0.2) is 4.79 Å². The largest absolute Gasteiger partial charge is 0.481 e. The molecule has 2 N–H and O–H groups in total. The van der Waals surface area contributed by atoms with Gasteiger partial charge in [0.2, 0.25) is 0 Å². The number of carboxylic acid groups (broad SMARTS) is 1. The highest BCUT2D eigenvalue weighted by atomic mass is 16.4.